The van der Waals surface area contributed by atoms with E-state index >= 15 is 0 Å². The third-order valence-corrected chi connectivity index (χ3v) is 4.19. The number of ether oxygens (including phenoxy) is 1. The van der Waals surface area contributed by atoms with E-state index in [2.05, 4.69) is 5.10 Å². The van der Waals surface area contributed by atoms with Crippen LogP contribution in [0.3, 0.4) is 0 Å². The van der Waals surface area contributed by atoms with Crippen LogP contribution in [0, 0.1) is 5.82 Å². The highest BCUT2D eigenvalue weighted by Crippen LogP contribution is 2.33. The first-order chi connectivity index (χ1) is 11.6. The Hall–Kier alpha value is -2.40. The van der Waals surface area contributed by atoms with Crippen LogP contribution in [0.25, 0.3) is 0 Å². The van der Waals surface area contributed by atoms with Crippen LogP contribution in [0.15, 0.2) is 53.6 Å². The molecule has 0 N–H and O–H groups in total. The summed E-state index contributed by atoms with van der Waals surface area (Å²) in [5, 5.41) is 5.83. The van der Waals surface area contributed by atoms with Crippen LogP contribution in [0.5, 0.6) is 5.75 Å². The molecule has 1 aliphatic rings. The van der Waals surface area contributed by atoms with E-state index in [9.17, 15) is 9.18 Å². The maximum absolute atomic E-state index is 13.2. The fourth-order valence-electron chi connectivity index (χ4n) is 2.70. The van der Waals surface area contributed by atoms with Crippen LogP contribution in [0.1, 0.15) is 23.6 Å². The Balaban J connectivity index is 1.91. The van der Waals surface area contributed by atoms with Crippen molar-refractivity contribution in [1.29, 1.82) is 0 Å². The Bertz CT molecular complexity index is 760. The van der Waals surface area contributed by atoms with Gasteiger partial charge >= 0.3 is 0 Å². The van der Waals surface area contributed by atoms with E-state index in [-0.39, 0.29) is 23.6 Å². The monoisotopic (exact) mass is 346 g/mol. The van der Waals surface area contributed by atoms with Gasteiger partial charge < -0.3 is 4.74 Å². The van der Waals surface area contributed by atoms with Crippen LogP contribution in [0.2, 0.25) is 0 Å². The maximum atomic E-state index is 13.2. The Kier molecular flexibility index (Phi) is 4.81. The van der Waals surface area contributed by atoms with Crippen LogP contribution >= 0.6 is 11.6 Å². The molecule has 1 aliphatic heterocycles. The summed E-state index contributed by atoms with van der Waals surface area (Å²) in [4.78, 5) is 12.1. The van der Waals surface area contributed by atoms with Crippen molar-refractivity contribution in [3.05, 3.63) is 65.5 Å². The number of amides is 1. The van der Waals surface area contributed by atoms with Gasteiger partial charge in [-0.1, -0.05) is 12.1 Å². The van der Waals surface area contributed by atoms with E-state index in [1.54, 1.807) is 19.2 Å². The summed E-state index contributed by atoms with van der Waals surface area (Å²) in [5.41, 5.74) is 2.51. The summed E-state index contributed by atoms with van der Waals surface area (Å²) in [7, 11) is 1.60. The second-order valence-corrected chi connectivity index (χ2v) is 5.69. The van der Waals surface area contributed by atoms with Gasteiger partial charge in [0.05, 0.1) is 18.9 Å². The molecule has 0 bridgehead atoms. The lowest BCUT2D eigenvalue weighted by Gasteiger charge is -2.21. The zero-order valence-corrected chi connectivity index (χ0v) is 13.8. The highest BCUT2D eigenvalue weighted by Gasteiger charge is 2.32. The highest BCUT2D eigenvalue weighted by atomic mass is 35.5. The number of hydrazone groups is 1. The number of carbonyl (C=O) groups is 1. The second kappa shape index (κ2) is 7.01. The van der Waals surface area contributed by atoms with Gasteiger partial charge in [-0.2, -0.15) is 5.10 Å². The Morgan fingerprint density at radius 3 is 2.50 bits per heavy atom. The standard InChI is InChI=1S/C18H16ClFN2O2/c1-24-15-8-4-12(5-9-15)16-10-17(22(21-16)18(23)11-19)13-2-6-14(20)7-3-13/h2-9,17H,10-11H2,1H3/t17-/m0/s1. The van der Waals surface area contributed by atoms with Crippen molar-refractivity contribution < 1.29 is 13.9 Å². The normalized spacial score (nSPS) is 16.9. The summed E-state index contributed by atoms with van der Waals surface area (Å²) >= 11 is 5.71. The van der Waals surface area contributed by atoms with E-state index in [0.29, 0.717) is 6.42 Å². The summed E-state index contributed by atoms with van der Waals surface area (Å²) in [6.07, 6.45) is 0.542. The molecular weight excluding hydrogens is 331 g/mol. The smallest absolute Gasteiger partial charge is 0.258 e. The van der Waals surface area contributed by atoms with E-state index in [0.717, 1.165) is 22.6 Å². The average molecular weight is 347 g/mol. The largest absolute Gasteiger partial charge is 0.497 e. The molecule has 2 aromatic carbocycles. The lowest BCUT2D eigenvalue weighted by atomic mass is 9.98. The zero-order chi connectivity index (χ0) is 17.1. The molecule has 0 unspecified atom stereocenters. The highest BCUT2D eigenvalue weighted by molar-refractivity contribution is 6.27. The third-order valence-electron chi connectivity index (χ3n) is 3.96. The van der Waals surface area contributed by atoms with Gasteiger partial charge in [0.25, 0.3) is 5.91 Å². The fourth-order valence-corrected chi connectivity index (χ4v) is 2.83. The quantitative estimate of drug-likeness (QED) is 0.791. The Morgan fingerprint density at radius 1 is 1.25 bits per heavy atom. The molecule has 1 heterocycles. The van der Waals surface area contributed by atoms with Crippen LogP contribution in [0.4, 0.5) is 4.39 Å². The minimum absolute atomic E-state index is 0.156. The number of benzene rings is 2. The Labute approximate surface area is 144 Å². The van der Waals surface area contributed by atoms with Gasteiger partial charge in [-0.3, -0.25) is 4.79 Å². The predicted octanol–water partition coefficient (Wildman–Crippen LogP) is 3.75. The molecule has 0 radical (unpaired) electrons. The van der Waals surface area contributed by atoms with E-state index in [1.807, 2.05) is 24.3 Å². The number of rotatable bonds is 4. The molecule has 1 atom stereocenters. The first-order valence-electron chi connectivity index (χ1n) is 7.47. The molecule has 24 heavy (non-hydrogen) atoms. The molecular formula is C18H16ClFN2O2. The SMILES string of the molecule is COc1ccc(C2=NN(C(=O)CCl)[C@H](c3ccc(F)cc3)C2)cc1. The number of alkyl halides is 1. The van der Waals surface area contributed by atoms with Crippen LogP contribution in [-0.4, -0.2) is 29.6 Å². The lowest BCUT2D eigenvalue weighted by molar-refractivity contribution is -0.130. The van der Waals surface area contributed by atoms with Gasteiger partial charge in [-0.25, -0.2) is 9.40 Å². The molecule has 0 saturated heterocycles. The van der Waals surface area contributed by atoms with Crippen molar-refractivity contribution in [2.75, 3.05) is 13.0 Å². The van der Waals surface area contributed by atoms with E-state index < -0.39 is 0 Å². The molecule has 0 aliphatic carbocycles. The summed E-state index contributed by atoms with van der Waals surface area (Å²) in [6.45, 7) is 0. The summed E-state index contributed by atoms with van der Waals surface area (Å²) in [5.74, 6) is -0.00392. The molecule has 6 heteroatoms. The minimum Gasteiger partial charge on any atom is -0.497 e. The van der Waals surface area contributed by atoms with Crippen LogP contribution in [-0.2, 0) is 4.79 Å². The van der Waals surface area contributed by atoms with Gasteiger partial charge in [-0.15, -0.1) is 11.6 Å². The molecule has 0 aromatic heterocycles. The van der Waals surface area contributed by atoms with E-state index in [4.69, 9.17) is 16.3 Å². The molecule has 124 valence electrons. The minimum atomic E-state index is -0.316. The van der Waals surface area contributed by atoms with Crippen LogP contribution < -0.4 is 4.74 Å². The number of hydrogen-bond donors (Lipinski definition) is 0. The number of carbonyl (C=O) groups excluding carboxylic acids is 1. The first-order valence-corrected chi connectivity index (χ1v) is 8.01. The summed E-state index contributed by atoms with van der Waals surface area (Å²) < 4.78 is 18.3. The summed E-state index contributed by atoms with van der Waals surface area (Å²) in [6, 6.07) is 13.3. The molecule has 4 nitrogen and oxygen atoms in total. The fraction of sp³-hybridized carbons (Fsp3) is 0.222. The van der Waals surface area contributed by atoms with Gasteiger partial charge in [-0.05, 0) is 47.5 Å². The van der Waals surface area contributed by atoms with Crippen molar-refractivity contribution in [1.82, 2.24) is 5.01 Å². The third kappa shape index (κ3) is 3.26. The maximum Gasteiger partial charge on any atom is 0.258 e. The van der Waals surface area contributed by atoms with Crippen molar-refractivity contribution in [2.45, 2.75) is 12.5 Å². The van der Waals surface area contributed by atoms with Gasteiger partial charge in [0.2, 0.25) is 0 Å². The van der Waals surface area contributed by atoms with Gasteiger partial charge in [0.15, 0.2) is 0 Å². The zero-order valence-electron chi connectivity index (χ0n) is 13.1. The lowest BCUT2D eigenvalue weighted by Crippen LogP contribution is -2.27. The molecule has 0 spiro atoms. The van der Waals surface area contributed by atoms with Gasteiger partial charge in [0, 0.05) is 6.42 Å². The van der Waals surface area contributed by atoms with Crippen molar-refractivity contribution in [2.24, 2.45) is 5.10 Å². The topological polar surface area (TPSA) is 41.9 Å². The van der Waals surface area contributed by atoms with Crippen molar-refractivity contribution in [3.8, 4) is 5.75 Å². The number of methoxy groups -OCH3 is 1. The Morgan fingerprint density at radius 2 is 1.92 bits per heavy atom. The molecule has 2 aromatic rings. The van der Waals surface area contributed by atoms with E-state index in [1.165, 1.54) is 17.1 Å². The first kappa shape index (κ1) is 16.5. The van der Waals surface area contributed by atoms with Gasteiger partial charge in [0.1, 0.15) is 17.4 Å². The molecule has 0 fully saturated rings. The molecule has 1 amide bonds. The number of nitrogens with zero attached hydrogens (tertiary/aromatic N) is 2. The average Bonchev–Trinajstić information content (AvgIpc) is 3.07. The number of hydrogen-bond acceptors (Lipinski definition) is 3. The second-order valence-electron chi connectivity index (χ2n) is 5.42. The molecule has 0 saturated carbocycles. The van der Waals surface area contributed by atoms with Crippen molar-refractivity contribution >= 4 is 23.2 Å². The molecule has 3 rings (SSSR count). The number of halogens is 2. The van der Waals surface area contributed by atoms with Crippen molar-refractivity contribution in [3.63, 3.8) is 0 Å². The predicted molar refractivity (Wildman–Crippen MR) is 90.9 cm³/mol.